The van der Waals surface area contributed by atoms with Gasteiger partial charge in [0.25, 0.3) is 0 Å². The van der Waals surface area contributed by atoms with E-state index in [4.69, 9.17) is 5.11 Å². The van der Waals surface area contributed by atoms with E-state index in [0.29, 0.717) is 0 Å². The van der Waals surface area contributed by atoms with E-state index in [-0.39, 0.29) is 0 Å². The van der Waals surface area contributed by atoms with Gasteiger partial charge >= 0.3 is 5.97 Å². The molecule has 0 aliphatic heterocycles. The summed E-state index contributed by atoms with van der Waals surface area (Å²) in [4.78, 5) is 10.4. The van der Waals surface area contributed by atoms with Crippen molar-refractivity contribution in [2.45, 2.75) is 33.3 Å². The maximum absolute atomic E-state index is 10.4. The molecule has 3 heteroatoms. The Morgan fingerprint density at radius 1 is 1.20 bits per heavy atom. The van der Waals surface area contributed by atoms with Crippen molar-refractivity contribution >= 4 is 5.97 Å². The van der Waals surface area contributed by atoms with Gasteiger partial charge in [-0.3, -0.25) is 0 Å². The summed E-state index contributed by atoms with van der Waals surface area (Å²) in [6.45, 7) is 6.35. The van der Waals surface area contributed by atoms with Gasteiger partial charge in [-0.2, -0.15) is 0 Å². The number of hydrogen-bond donors (Lipinski definition) is 2. The predicted molar refractivity (Wildman–Crippen MR) is 37.7 cm³/mol. The first kappa shape index (κ1) is 9.43. The van der Waals surface area contributed by atoms with Crippen LogP contribution in [-0.2, 0) is 4.79 Å². The highest BCUT2D eigenvalue weighted by atomic mass is 16.4. The van der Waals surface area contributed by atoms with Gasteiger partial charge in [0, 0.05) is 5.41 Å². The molecule has 1 atom stereocenters. The molecule has 2 N–H and O–H groups in total. The molecule has 10 heavy (non-hydrogen) atoms. The molecular weight excluding hydrogens is 132 g/mol. The van der Waals surface area contributed by atoms with Crippen LogP contribution in [0.15, 0.2) is 0 Å². The number of carboxylic acids is 1. The zero-order valence-corrected chi connectivity index (χ0v) is 6.80. The lowest BCUT2D eigenvalue weighted by molar-refractivity contribution is -0.168. The Morgan fingerprint density at radius 2 is 1.50 bits per heavy atom. The average molecular weight is 146 g/mol. The Hall–Kier alpha value is -0.570. The van der Waals surface area contributed by atoms with Crippen LogP contribution in [0.5, 0.6) is 0 Å². The fraction of sp³-hybridized carbons (Fsp3) is 0.857. The highest BCUT2D eigenvalue weighted by molar-refractivity contribution is 5.77. The molecule has 3 nitrogen and oxygen atoms in total. The molecule has 0 saturated heterocycles. The van der Waals surface area contributed by atoms with Gasteiger partial charge in [-0.25, -0.2) is 4.79 Å². The van der Waals surface area contributed by atoms with Crippen molar-refractivity contribution in [3.8, 4) is 0 Å². The van der Waals surface area contributed by atoms with Crippen LogP contribution >= 0.6 is 0 Å². The third-order valence-corrected chi connectivity index (χ3v) is 1.88. The van der Waals surface area contributed by atoms with Gasteiger partial charge < -0.3 is 10.2 Å². The minimum Gasteiger partial charge on any atom is -0.479 e. The van der Waals surface area contributed by atoms with Crippen LogP contribution in [0, 0.1) is 5.41 Å². The molecule has 0 saturated carbocycles. The molecule has 0 heterocycles. The summed E-state index contributed by atoms with van der Waals surface area (Å²) < 4.78 is 0. The summed E-state index contributed by atoms with van der Waals surface area (Å²) in [5, 5.41) is 17.9. The van der Waals surface area contributed by atoms with E-state index in [1.54, 1.807) is 20.8 Å². The van der Waals surface area contributed by atoms with E-state index in [2.05, 4.69) is 0 Å². The van der Waals surface area contributed by atoms with Crippen molar-refractivity contribution in [2.75, 3.05) is 0 Å². The van der Waals surface area contributed by atoms with Gasteiger partial charge in [-0.05, 0) is 6.92 Å². The van der Waals surface area contributed by atoms with Crippen LogP contribution in [0.4, 0.5) is 0 Å². The first-order valence-corrected chi connectivity index (χ1v) is 3.15. The van der Waals surface area contributed by atoms with Crippen molar-refractivity contribution in [1.29, 1.82) is 0 Å². The monoisotopic (exact) mass is 146 g/mol. The first-order valence-electron chi connectivity index (χ1n) is 3.15. The fourth-order valence-electron chi connectivity index (χ4n) is 0.321. The van der Waals surface area contributed by atoms with Crippen LogP contribution in [0.1, 0.15) is 27.7 Å². The molecule has 0 fully saturated rings. The summed E-state index contributed by atoms with van der Waals surface area (Å²) in [5.41, 5.74) is -2.27. The average Bonchev–Trinajstić information content (AvgIpc) is 1.62. The lowest BCUT2D eigenvalue weighted by Gasteiger charge is -2.32. The Morgan fingerprint density at radius 3 is 1.50 bits per heavy atom. The van der Waals surface area contributed by atoms with Gasteiger partial charge in [0.1, 0.15) is 0 Å². The number of hydrogen-bond acceptors (Lipinski definition) is 2. The molecule has 0 unspecified atom stereocenters. The smallest absolute Gasteiger partial charge is 0.335 e. The molecule has 60 valence electrons. The third-order valence-electron chi connectivity index (χ3n) is 1.88. The van der Waals surface area contributed by atoms with E-state index >= 15 is 0 Å². The van der Waals surface area contributed by atoms with Crippen LogP contribution in [0.2, 0.25) is 0 Å². The SMILES string of the molecule is CC(C)(C)[C@](C)(O)C(=O)O. The second-order valence-electron chi connectivity index (χ2n) is 3.63. The molecule has 0 aromatic rings. The van der Waals surface area contributed by atoms with E-state index in [0.717, 1.165) is 0 Å². The topological polar surface area (TPSA) is 57.5 Å². The summed E-state index contributed by atoms with van der Waals surface area (Å²) in [6.07, 6.45) is 0. The van der Waals surface area contributed by atoms with E-state index in [1.165, 1.54) is 6.92 Å². The van der Waals surface area contributed by atoms with E-state index < -0.39 is 17.0 Å². The van der Waals surface area contributed by atoms with Crippen molar-refractivity contribution in [1.82, 2.24) is 0 Å². The largest absolute Gasteiger partial charge is 0.479 e. The Balaban J connectivity index is 4.57. The van der Waals surface area contributed by atoms with Crippen molar-refractivity contribution in [3.05, 3.63) is 0 Å². The first-order chi connectivity index (χ1) is 4.19. The van der Waals surface area contributed by atoms with E-state index in [1.807, 2.05) is 0 Å². The zero-order valence-electron chi connectivity index (χ0n) is 6.80. The maximum Gasteiger partial charge on any atom is 0.335 e. The molecule has 0 radical (unpaired) electrons. The van der Waals surface area contributed by atoms with Crippen LogP contribution in [0.25, 0.3) is 0 Å². The summed E-state index contributed by atoms with van der Waals surface area (Å²) in [6, 6.07) is 0. The number of rotatable bonds is 1. The molecule has 0 rings (SSSR count). The lowest BCUT2D eigenvalue weighted by atomic mass is 9.78. The van der Waals surface area contributed by atoms with E-state index in [9.17, 15) is 9.90 Å². The predicted octanol–water partition coefficient (Wildman–Crippen LogP) is 0.868. The summed E-state index contributed by atoms with van der Waals surface area (Å²) in [7, 11) is 0. The van der Waals surface area contributed by atoms with Gasteiger partial charge in [0.05, 0.1) is 0 Å². The molecule has 0 aromatic heterocycles. The minimum atomic E-state index is -1.65. The van der Waals surface area contributed by atoms with Crippen LogP contribution in [0.3, 0.4) is 0 Å². The second kappa shape index (κ2) is 2.23. The highest BCUT2D eigenvalue weighted by Crippen LogP contribution is 2.29. The Kier molecular flexibility index (Phi) is 2.11. The standard InChI is InChI=1S/C7H14O3/c1-6(2,3)7(4,10)5(8)9/h10H,1-4H3,(H,8,9)/t7-/m1/s1. The molecule has 0 aromatic carbocycles. The quantitative estimate of drug-likeness (QED) is 0.577. The highest BCUT2D eigenvalue weighted by Gasteiger charge is 2.42. The third kappa shape index (κ3) is 1.48. The van der Waals surface area contributed by atoms with Crippen molar-refractivity contribution < 1.29 is 15.0 Å². The lowest BCUT2D eigenvalue weighted by Crippen LogP contribution is -2.47. The summed E-state index contributed by atoms with van der Waals surface area (Å²) >= 11 is 0. The van der Waals surface area contributed by atoms with Crippen molar-refractivity contribution in [2.24, 2.45) is 5.41 Å². The second-order valence-corrected chi connectivity index (χ2v) is 3.63. The normalized spacial score (nSPS) is 18.1. The van der Waals surface area contributed by atoms with Gasteiger partial charge in [0.15, 0.2) is 5.60 Å². The van der Waals surface area contributed by atoms with Crippen molar-refractivity contribution in [3.63, 3.8) is 0 Å². The number of carboxylic acid groups (broad SMARTS) is 1. The molecule has 0 aliphatic carbocycles. The molecule has 0 aliphatic rings. The summed E-state index contributed by atoms with van der Waals surface area (Å²) in [5.74, 6) is -1.18. The number of carbonyl (C=O) groups is 1. The molecule has 0 bridgehead atoms. The van der Waals surface area contributed by atoms with Crippen LogP contribution in [-0.4, -0.2) is 21.8 Å². The Bertz CT molecular complexity index is 141. The number of aliphatic hydroxyl groups is 1. The van der Waals surface area contributed by atoms with Gasteiger partial charge in [0.2, 0.25) is 0 Å². The van der Waals surface area contributed by atoms with Gasteiger partial charge in [-0.15, -0.1) is 0 Å². The fourth-order valence-corrected chi connectivity index (χ4v) is 0.321. The molecular formula is C7H14O3. The molecule has 0 spiro atoms. The maximum atomic E-state index is 10.4. The zero-order chi connectivity index (χ0) is 8.58. The number of aliphatic carboxylic acids is 1. The molecule has 0 amide bonds. The minimum absolute atomic E-state index is 0.626. The Labute approximate surface area is 60.7 Å². The van der Waals surface area contributed by atoms with Crippen LogP contribution < -0.4 is 0 Å². The van der Waals surface area contributed by atoms with Gasteiger partial charge in [-0.1, -0.05) is 20.8 Å².